The monoisotopic (exact) mass is 245 g/mol. The highest BCUT2D eigenvalue weighted by molar-refractivity contribution is 7.99. The summed E-state index contributed by atoms with van der Waals surface area (Å²) in [7, 11) is 0. The summed E-state index contributed by atoms with van der Waals surface area (Å²) in [6.45, 7) is 2.52. The van der Waals surface area contributed by atoms with Crippen LogP contribution in [0.5, 0.6) is 0 Å². The average molecular weight is 245 g/mol. The van der Waals surface area contributed by atoms with E-state index in [9.17, 15) is 0 Å². The number of benzene rings is 1. The molecule has 0 atom stereocenters. The molecule has 0 bridgehead atoms. The van der Waals surface area contributed by atoms with E-state index in [0.29, 0.717) is 12.4 Å². The summed E-state index contributed by atoms with van der Waals surface area (Å²) in [5.74, 6) is 1.76. The van der Waals surface area contributed by atoms with Crippen molar-refractivity contribution in [2.45, 2.75) is 18.4 Å². The van der Waals surface area contributed by atoms with Crippen LogP contribution in [-0.2, 0) is 6.54 Å². The van der Waals surface area contributed by atoms with E-state index in [4.69, 9.17) is 5.73 Å². The van der Waals surface area contributed by atoms with Crippen molar-refractivity contribution in [1.29, 1.82) is 0 Å². The first-order chi connectivity index (χ1) is 8.33. The molecule has 2 rings (SSSR count). The Hall–Kier alpha value is -1.39. The summed E-state index contributed by atoms with van der Waals surface area (Å²) in [5, 5.41) is 0. The molecule has 0 aliphatic carbocycles. The molecular formula is C13H15N3S. The standard InChI is InChI=1S/C13H15N3S/c1-2-17-11-5-3-10(4-6-11)12-7-8-15-13(9-14)16-12/h3-8H,2,9,14H2,1H3. The van der Waals surface area contributed by atoms with Crippen molar-refractivity contribution < 1.29 is 0 Å². The largest absolute Gasteiger partial charge is 0.324 e. The molecule has 0 fully saturated rings. The molecule has 2 N–H and O–H groups in total. The minimum Gasteiger partial charge on any atom is -0.324 e. The van der Waals surface area contributed by atoms with Crippen LogP contribution in [-0.4, -0.2) is 15.7 Å². The van der Waals surface area contributed by atoms with E-state index in [1.54, 1.807) is 6.20 Å². The molecule has 4 heteroatoms. The summed E-state index contributed by atoms with van der Waals surface area (Å²) in [5.41, 5.74) is 7.56. The zero-order chi connectivity index (χ0) is 12.1. The second-order valence-corrected chi connectivity index (χ2v) is 4.86. The van der Waals surface area contributed by atoms with Crippen LogP contribution < -0.4 is 5.73 Å². The van der Waals surface area contributed by atoms with Gasteiger partial charge in [-0.25, -0.2) is 9.97 Å². The van der Waals surface area contributed by atoms with Gasteiger partial charge in [-0.05, 0) is 24.0 Å². The van der Waals surface area contributed by atoms with E-state index in [1.165, 1.54) is 4.90 Å². The van der Waals surface area contributed by atoms with Gasteiger partial charge in [0.1, 0.15) is 5.82 Å². The average Bonchev–Trinajstić information content (AvgIpc) is 2.40. The lowest BCUT2D eigenvalue weighted by Gasteiger charge is -2.04. The molecule has 1 aromatic carbocycles. The Morgan fingerprint density at radius 3 is 2.59 bits per heavy atom. The maximum atomic E-state index is 5.53. The van der Waals surface area contributed by atoms with Crippen LogP contribution in [0.3, 0.4) is 0 Å². The number of aromatic nitrogens is 2. The summed E-state index contributed by atoms with van der Waals surface area (Å²) in [6.07, 6.45) is 1.75. The van der Waals surface area contributed by atoms with Crippen LogP contribution in [0.25, 0.3) is 11.3 Å². The van der Waals surface area contributed by atoms with Crippen molar-refractivity contribution in [1.82, 2.24) is 9.97 Å². The van der Waals surface area contributed by atoms with Gasteiger partial charge in [0.05, 0.1) is 12.2 Å². The van der Waals surface area contributed by atoms with Crippen LogP contribution in [0, 0.1) is 0 Å². The van der Waals surface area contributed by atoms with Gasteiger partial charge in [0, 0.05) is 16.7 Å². The van der Waals surface area contributed by atoms with Crippen molar-refractivity contribution >= 4 is 11.8 Å². The number of hydrogen-bond acceptors (Lipinski definition) is 4. The summed E-state index contributed by atoms with van der Waals surface area (Å²) in [6, 6.07) is 10.3. The van der Waals surface area contributed by atoms with E-state index in [2.05, 4.69) is 41.2 Å². The number of nitrogens with two attached hydrogens (primary N) is 1. The molecule has 1 aromatic heterocycles. The van der Waals surface area contributed by atoms with E-state index < -0.39 is 0 Å². The maximum Gasteiger partial charge on any atom is 0.142 e. The fraction of sp³-hybridized carbons (Fsp3) is 0.231. The first-order valence-electron chi connectivity index (χ1n) is 5.58. The summed E-state index contributed by atoms with van der Waals surface area (Å²) < 4.78 is 0. The van der Waals surface area contributed by atoms with Crippen LogP contribution in [0.1, 0.15) is 12.7 Å². The van der Waals surface area contributed by atoms with Crippen molar-refractivity contribution in [3.8, 4) is 11.3 Å². The van der Waals surface area contributed by atoms with Gasteiger partial charge in [-0.3, -0.25) is 0 Å². The molecule has 3 nitrogen and oxygen atoms in total. The normalized spacial score (nSPS) is 10.5. The number of thioether (sulfide) groups is 1. The van der Waals surface area contributed by atoms with Gasteiger partial charge in [0.25, 0.3) is 0 Å². The molecule has 0 spiro atoms. The van der Waals surface area contributed by atoms with Gasteiger partial charge in [-0.2, -0.15) is 0 Å². The van der Waals surface area contributed by atoms with Gasteiger partial charge >= 0.3 is 0 Å². The topological polar surface area (TPSA) is 51.8 Å². The molecule has 1 heterocycles. The first-order valence-corrected chi connectivity index (χ1v) is 6.57. The lowest BCUT2D eigenvalue weighted by Crippen LogP contribution is -2.02. The van der Waals surface area contributed by atoms with Crippen molar-refractivity contribution in [3.05, 3.63) is 42.4 Å². The molecule has 0 amide bonds. The minimum atomic E-state index is 0.373. The van der Waals surface area contributed by atoms with E-state index in [0.717, 1.165) is 17.0 Å². The quantitative estimate of drug-likeness (QED) is 0.841. The van der Waals surface area contributed by atoms with Crippen LogP contribution in [0.15, 0.2) is 41.4 Å². The maximum absolute atomic E-state index is 5.53. The summed E-state index contributed by atoms with van der Waals surface area (Å²) in [4.78, 5) is 9.77. The zero-order valence-corrected chi connectivity index (χ0v) is 10.6. The number of rotatable bonds is 4. The number of nitrogens with zero attached hydrogens (tertiary/aromatic N) is 2. The van der Waals surface area contributed by atoms with Crippen molar-refractivity contribution in [2.75, 3.05) is 5.75 Å². The Morgan fingerprint density at radius 2 is 1.94 bits per heavy atom. The lowest BCUT2D eigenvalue weighted by atomic mass is 10.1. The molecule has 0 aliphatic rings. The highest BCUT2D eigenvalue weighted by Crippen LogP contribution is 2.22. The molecule has 0 saturated carbocycles. The highest BCUT2D eigenvalue weighted by atomic mass is 32.2. The fourth-order valence-corrected chi connectivity index (χ4v) is 2.21. The van der Waals surface area contributed by atoms with Gasteiger partial charge < -0.3 is 5.73 Å². The van der Waals surface area contributed by atoms with Crippen molar-refractivity contribution in [3.63, 3.8) is 0 Å². The third kappa shape index (κ3) is 3.05. The third-order valence-corrected chi connectivity index (χ3v) is 3.24. The Bertz CT molecular complexity index is 482. The van der Waals surface area contributed by atoms with Gasteiger partial charge in [-0.1, -0.05) is 19.1 Å². The Kier molecular flexibility index (Phi) is 4.12. The van der Waals surface area contributed by atoms with Gasteiger partial charge in [-0.15, -0.1) is 11.8 Å². The lowest BCUT2D eigenvalue weighted by molar-refractivity contribution is 0.912. The Labute approximate surface area is 105 Å². The summed E-state index contributed by atoms with van der Waals surface area (Å²) >= 11 is 1.83. The zero-order valence-electron chi connectivity index (χ0n) is 9.76. The predicted molar refractivity (Wildman–Crippen MR) is 71.8 cm³/mol. The van der Waals surface area contributed by atoms with Crippen LogP contribution in [0.4, 0.5) is 0 Å². The molecular weight excluding hydrogens is 230 g/mol. The second-order valence-electron chi connectivity index (χ2n) is 3.52. The Balaban J connectivity index is 2.26. The highest BCUT2D eigenvalue weighted by Gasteiger charge is 2.01. The smallest absolute Gasteiger partial charge is 0.142 e. The molecule has 88 valence electrons. The predicted octanol–water partition coefficient (Wildman–Crippen LogP) is 2.71. The van der Waals surface area contributed by atoms with Crippen LogP contribution in [0.2, 0.25) is 0 Å². The molecule has 2 aromatic rings. The third-order valence-electron chi connectivity index (χ3n) is 2.35. The van der Waals surface area contributed by atoms with E-state index >= 15 is 0 Å². The van der Waals surface area contributed by atoms with Crippen molar-refractivity contribution in [2.24, 2.45) is 5.73 Å². The van der Waals surface area contributed by atoms with Gasteiger partial charge in [0.2, 0.25) is 0 Å². The molecule has 0 saturated heterocycles. The number of hydrogen-bond donors (Lipinski definition) is 1. The van der Waals surface area contributed by atoms with Crippen LogP contribution >= 0.6 is 11.8 Å². The molecule has 0 unspecified atom stereocenters. The van der Waals surface area contributed by atoms with E-state index in [-0.39, 0.29) is 0 Å². The molecule has 17 heavy (non-hydrogen) atoms. The molecule has 0 radical (unpaired) electrons. The Morgan fingerprint density at radius 1 is 1.18 bits per heavy atom. The van der Waals surface area contributed by atoms with E-state index in [1.807, 2.05) is 17.8 Å². The first kappa shape index (κ1) is 12.1. The second kappa shape index (κ2) is 5.80. The van der Waals surface area contributed by atoms with Gasteiger partial charge in [0.15, 0.2) is 0 Å². The minimum absolute atomic E-state index is 0.373. The SMILES string of the molecule is CCSc1ccc(-c2ccnc(CN)n2)cc1. The fourth-order valence-electron chi connectivity index (χ4n) is 1.55. The molecule has 0 aliphatic heterocycles.